The van der Waals surface area contributed by atoms with Crippen LogP contribution in [0.4, 0.5) is 11.1 Å². The minimum atomic E-state index is -5.00. The molecule has 0 spiro atoms. The molecule has 1 saturated heterocycles. The van der Waals surface area contributed by atoms with Crippen molar-refractivity contribution in [3.63, 3.8) is 0 Å². The van der Waals surface area contributed by atoms with Gasteiger partial charge in [-0.1, -0.05) is 5.16 Å². The van der Waals surface area contributed by atoms with Gasteiger partial charge < -0.3 is 31.1 Å². The van der Waals surface area contributed by atoms with Crippen molar-refractivity contribution in [1.82, 2.24) is 20.0 Å². The van der Waals surface area contributed by atoms with Gasteiger partial charge in [-0.05, 0) is 62.6 Å². The lowest BCUT2D eigenvalue weighted by Crippen LogP contribution is -2.68. The lowest BCUT2D eigenvalue weighted by molar-refractivity contribution is -0.228. The Hall–Kier alpha value is -5.05. The minimum absolute atomic E-state index is 0.0367. The molecule has 256 valence electrons. The third-order valence-electron chi connectivity index (χ3n) is 7.06. The highest BCUT2D eigenvalue weighted by Crippen LogP contribution is 2.40. The lowest BCUT2D eigenvalue weighted by atomic mass is 9.74. The number of nitrogens with zero attached hydrogens (tertiary/aromatic N) is 5. The molecule has 0 bridgehead atoms. The zero-order chi connectivity index (χ0) is 35.1. The topological polar surface area (TPSA) is 270 Å². The maximum atomic E-state index is 13.3. The molecule has 0 radical (unpaired) electrons. The molecule has 3 heterocycles. The number of ketones is 1. The standard InChI is InChI=1S/C28H32N8O10S2/c1-28(2)18(24(38)36(28)46-48(41,42)43)13-21(37)23(20-15-47-26(30)34-20)35-45-22(25(39)40)14-44-17-8-6-16(7-9-17)19(29)5-3-10-31-27-32-11-4-12-33-27/h4,6-9,11-12,15,18,22,29H,3,5,10,13-14H2,1-2H3,(H2,30,34)(H,39,40)(H,31,32,33)(H,41,42,43)/b29-19?,35-23-/t18-,22-/m1/s1. The highest BCUT2D eigenvalue weighted by Gasteiger charge is 2.57. The summed E-state index contributed by atoms with van der Waals surface area (Å²) in [6, 6.07) is 8.18. The van der Waals surface area contributed by atoms with Crippen LogP contribution in [0.15, 0.2) is 53.3 Å². The smallest absolute Gasteiger partial charge is 0.418 e. The number of benzene rings is 1. The molecule has 4 rings (SSSR count). The summed E-state index contributed by atoms with van der Waals surface area (Å²) in [5, 5.41) is 26.8. The van der Waals surface area contributed by atoms with Crippen LogP contribution in [0.2, 0.25) is 0 Å². The molecule has 1 aromatic carbocycles. The van der Waals surface area contributed by atoms with Crippen molar-refractivity contribution in [3.05, 3.63) is 59.4 Å². The van der Waals surface area contributed by atoms with E-state index in [0.29, 0.717) is 47.4 Å². The van der Waals surface area contributed by atoms with Crippen LogP contribution in [0, 0.1) is 11.3 Å². The van der Waals surface area contributed by atoms with E-state index in [9.17, 15) is 27.9 Å². The fraction of sp³-hybridized carbons (Fsp3) is 0.357. The molecule has 1 fully saturated rings. The Balaban J connectivity index is 1.36. The number of carboxylic acid groups (broad SMARTS) is 1. The molecule has 0 saturated carbocycles. The Kier molecular flexibility index (Phi) is 11.4. The Morgan fingerprint density at radius 3 is 2.50 bits per heavy atom. The third kappa shape index (κ3) is 9.27. The van der Waals surface area contributed by atoms with Crippen molar-refractivity contribution < 1.29 is 46.3 Å². The Bertz CT molecular complexity index is 1780. The minimum Gasteiger partial charge on any atom is -0.489 e. The summed E-state index contributed by atoms with van der Waals surface area (Å²) in [7, 11) is -5.00. The Morgan fingerprint density at radius 2 is 1.92 bits per heavy atom. The molecular weight excluding hydrogens is 672 g/mol. The number of hydrogen-bond acceptors (Lipinski definition) is 16. The molecule has 6 N–H and O–H groups in total. The van der Waals surface area contributed by atoms with Gasteiger partial charge in [0.1, 0.15) is 18.1 Å². The van der Waals surface area contributed by atoms with E-state index in [0.717, 1.165) is 11.3 Å². The average molecular weight is 705 g/mol. The maximum Gasteiger partial charge on any atom is 0.418 e. The third-order valence-corrected chi connectivity index (χ3v) is 8.08. The van der Waals surface area contributed by atoms with E-state index in [2.05, 4.69) is 29.7 Å². The van der Waals surface area contributed by atoms with Gasteiger partial charge in [-0.15, -0.1) is 15.6 Å². The second kappa shape index (κ2) is 15.2. The highest BCUT2D eigenvalue weighted by atomic mass is 32.3. The molecule has 1 amide bonds. The van der Waals surface area contributed by atoms with Crippen LogP contribution < -0.4 is 15.8 Å². The van der Waals surface area contributed by atoms with Crippen LogP contribution >= 0.6 is 11.3 Å². The zero-order valence-corrected chi connectivity index (χ0v) is 27.2. The first kappa shape index (κ1) is 35.8. The molecule has 1 aliphatic rings. The SMILES string of the molecule is CC1(C)[C@H](CC(=O)/C(=N\O[C@H](COc2ccc(C(=N)CCCNc3ncccn3)cc2)C(=O)O)c2csc(N)n2)C(=O)N1OS(=O)(=O)O. The van der Waals surface area contributed by atoms with E-state index in [1.54, 1.807) is 42.7 Å². The van der Waals surface area contributed by atoms with E-state index in [4.69, 9.17) is 25.3 Å². The number of carbonyl (C=O) groups is 3. The molecule has 18 nitrogen and oxygen atoms in total. The van der Waals surface area contributed by atoms with Crippen LogP contribution in [0.3, 0.4) is 0 Å². The van der Waals surface area contributed by atoms with Crippen LogP contribution in [0.1, 0.15) is 44.4 Å². The van der Waals surface area contributed by atoms with Gasteiger partial charge in [-0.3, -0.25) is 14.1 Å². The number of hydroxylamine groups is 2. The van der Waals surface area contributed by atoms with Crippen molar-refractivity contribution in [3.8, 4) is 5.75 Å². The summed E-state index contributed by atoms with van der Waals surface area (Å²) in [6.45, 7) is 2.90. The molecule has 2 aromatic heterocycles. The predicted octanol–water partition coefficient (Wildman–Crippen LogP) is 1.96. The lowest BCUT2D eigenvalue weighted by Gasteiger charge is -2.50. The predicted molar refractivity (Wildman–Crippen MR) is 171 cm³/mol. The van der Waals surface area contributed by atoms with Crippen molar-refractivity contribution in [1.29, 1.82) is 5.41 Å². The number of carboxylic acids is 1. The number of Topliss-reactive ketones (excluding diaryl/α,β-unsaturated/α-hetero) is 1. The van der Waals surface area contributed by atoms with E-state index >= 15 is 0 Å². The number of nitrogen functional groups attached to an aromatic ring is 1. The number of amides is 1. The van der Waals surface area contributed by atoms with Crippen molar-refractivity contribution in [2.75, 3.05) is 24.2 Å². The number of aromatic nitrogens is 3. The van der Waals surface area contributed by atoms with Crippen molar-refractivity contribution in [2.24, 2.45) is 11.1 Å². The summed E-state index contributed by atoms with van der Waals surface area (Å²) >= 11 is 0.976. The molecule has 48 heavy (non-hydrogen) atoms. The zero-order valence-electron chi connectivity index (χ0n) is 25.6. The number of anilines is 2. The van der Waals surface area contributed by atoms with E-state index in [1.165, 1.54) is 19.2 Å². The van der Waals surface area contributed by atoms with Gasteiger partial charge in [0.25, 0.3) is 12.0 Å². The number of thiazole rings is 1. The molecule has 3 aromatic rings. The number of rotatable bonds is 18. The van der Waals surface area contributed by atoms with E-state index < -0.39 is 64.4 Å². The summed E-state index contributed by atoms with van der Waals surface area (Å²) in [4.78, 5) is 55.2. The summed E-state index contributed by atoms with van der Waals surface area (Å²) < 4.78 is 41.1. The van der Waals surface area contributed by atoms with E-state index in [-0.39, 0.29) is 10.8 Å². The number of β-lactam (4-membered cyclic amide) rings is 1. The van der Waals surface area contributed by atoms with Gasteiger partial charge in [0.05, 0.1) is 11.5 Å². The number of aliphatic carboxylic acids is 1. The van der Waals surface area contributed by atoms with Crippen molar-refractivity contribution in [2.45, 2.75) is 44.8 Å². The number of nitrogens with two attached hydrogens (primary N) is 1. The average Bonchev–Trinajstić information content (AvgIpc) is 3.47. The normalized spacial score (nSPS) is 16.5. The van der Waals surface area contributed by atoms with Gasteiger partial charge in [-0.2, -0.15) is 13.5 Å². The van der Waals surface area contributed by atoms with Crippen LogP contribution in [0.5, 0.6) is 5.75 Å². The summed E-state index contributed by atoms with van der Waals surface area (Å²) in [6.07, 6.45) is 2.23. The fourth-order valence-electron chi connectivity index (χ4n) is 4.47. The van der Waals surface area contributed by atoms with Crippen LogP contribution in [-0.2, 0) is 33.9 Å². The van der Waals surface area contributed by atoms with Gasteiger partial charge in [0.15, 0.2) is 16.6 Å². The van der Waals surface area contributed by atoms with E-state index in [1.807, 2.05) is 0 Å². The molecular formula is C28H32N8O10S2. The first-order valence-corrected chi connectivity index (χ1v) is 16.4. The van der Waals surface area contributed by atoms with Crippen LogP contribution in [-0.4, -0.2) is 92.0 Å². The first-order valence-electron chi connectivity index (χ1n) is 14.2. The molecule has 2 atom stereocenters. The van der Waals surface area contributed by atoms with Crippen LogP contribution in [0.25, 0.3) is 0 Å². The fourth-order valence-corrected chi connectivity index (χ4v) is 5.48. The van der Waals surface area contributed by atoms with Gasteiger partial charge in [-0.25, -0.2) is 19.7 Å². The molecule has 0 unspecified atom stereocenters. The highest BCUT2D eigenvalue weighted by molar-refractivity contribution is 7.80. The molecule has 0 aliphatic carbocycles. The van der Waals surface area contributed by atoms with Gasteiger partial charge >= 0.3 is 16.4 Å². The van der Waals surface area contributed by atoms with Crippen molar-refractivity contribution >= 4 is 61.9 Å². The second-order valence-electron chi connectivity index (χ2n) is 10.8. The molecule has 20 heteroatoms. The van der Waals surface area contributed by atoms with Gasteiger partial charge in [0, 0.05) is 36.5 Å². The number of ether oxygens (including phenoxy) is 1. The first-order chi connectivity index (χ1) is 22.7. The summed E-state index contributed by atoms with van der Waals surface area (Å²) in [5.74, 6) is -3.42. The molecule has 1 aliphatic heterocycles. The second-order valence-corrected chi connectivity index (χ2v) is 12.7. The quantitative estimate of drug-likeness (QED) is 0.0416. The number of hydrogen-bond donors (Lipinski definition) is 5. The number of carbonyl (C=O) groups excluding carboxylic acids is 2. The number of nitrogens with one attached hydrogen (secondary N) is 2. The summed E-state index contributed by atoms with van der Waals surface area (Å²) in [5.41, 5.74) is 4.96. The largest absolute Gasteiger partial charge is 0.489 e. The Labute approximate surface area is 278 Å². The maximum absolute atomic E-state index is 13.3. The number of oxime groups is 1. The monoisotopic (exact) mass is 704 g/mol. The van der Waals surface area contributed by atoms with Gasteiger partial charge in [0.2, 0.25) is 5.95 Å². The Morgan fingerprint density at radius 1 is 1.23 bits per heavy atom.